The Morgan fingerprint density at radius 1 is 1.24 bits per heavy atom. The number of nitrogens with zero attached hydrogens (tertiary/aromatic N) is 1. The van der Waals surface area contributed by atoms with Crippen molar-refractivity contribution >= 4 is 5.78 Å². The van der Waals surface area contributed by atoms with Gasteiger partial charge in [0.1, 0.15) is 0 Å². The summed E-state index contributed by atoms with van der Waals surface area (Å²) in [5.74, 6) is 1.68. The smallest absolute Gasteiger partial charge is 0.161 e. The number of ether oxygens (including phenoxy) is 2. The van der Waals surface area contributed by atoms with Crippen molar-refractivity contribution in [3.05, 3.63) is 35.9 Å². The van der Waals surface area contributed by atoms with Crippen LogP contribution < -0.4 is 9.47 Å². The molecule has 0 radical (unpaired) electrons. The molecule has 4 nitrogen and oxygen atoms in total. The number of fused-ring (bicyclic) bond motifs is 1. The van der Waals surface area contributed by atoms with Gasteiger partial charge in [0.15, 0.2) is 17.3 Å². The van der Waals surface area contributed by atoms with Crippen molar-refractivity contribution in [1.82, 2.24) is 4.90 Å². The highest BCUT2D eigenvalue weighted by Crippen LogP contribution is 2.46. The highest BCUT2D eigenvalue weighted by molar-refractivity contribution is 5.92. The Morgan fingerprint density at radius 3 is 2.71 bits per heavy atom. The number of allylic oxidation sites excluding steroid dienone is 1. The fourth-order valence-electron chi connectivity index (χ4n) is 3.67. The average molecular weight is 287 g/mol. The van der Waals surface area contributed by atoms with E-state index < -0.39 is 0 Å². The number of likely N-dealkylation sites (N-methyl/N-ethyl adjacent to an activating group) is 1. The lowest BCUT2D eigenvalue weighted by Gasteiger charge is -2.37. The number of carbonyl (C=O) groups is 1. The highest BCUT2D eigenvalue weighted by Gasteiger charge is 2.48. The van der Waals surface area contributed by atoms with Crippen LogP contribution in [-0.2, 0) is 10.2 Å². The third-order valence-electron chi connectivity index (χ3n) is 4.89. The quantitative estimate of drug-likeness (QED) is 0.854. The Kier molecular flexibility index (Phi) is 3.49. The Balaban J connectivity index is 2.09. The number of hydrogen-bond donors (Lipinski definition) is 0. The maximum atomic E-state index is 11.8. The Hall–Kier alpha value is -1.81. The van der Waals surface area contributed by atoms with Gasteiger partial charge >= 0.3 is 0 Å². The van der Waals surface area contributed by atoms with Crippen LogP contribution in [0.4, 0.5) is 0 Å². The third-order valence-corrected chi connectivity index (χ3v) is 4.89. The monoisotopic (exact) mass is 287 g/mol. The molecular formula is C17H21NO3. The Morgan fingerprint density at radius 2 is 2.00 bits per heavy atom. The summed E-state index contributed by atoms with van der Waals surface area (Å²) < 4.78 is 10.7. The van der Waals surface area contributed by atoms with Crippen molar-refractivity contribution in [3.63, 3.8) is 0 Å². The van der Waals surface area contributed by atoms with Crippen LogP contribution in [0.15, 0.2) is 30.4 Å². The second-order valence-corrected chi connectivity index (χ2v) is 5.86. The highest BCUT2D eigenvalue weighted by atomic mass is 16.5. The number of likely N-dealkylation sites (tertiary alicyclic amines) is 1. The van der Waals surface area contributed by atoms with E-state index in [9.17, 15) is 4.79 Å². The van der Waals surface area contributed by atoms with Crippen LogP contribution in [0, 0.1) is 0 Å². The zero-order chi connectivity index (χ0) is 15.0. The molecule has 1 aromatic rings. The molecule has 1 saturated heterocycles. The summed E-state index contributed by atoms with van der Waals surface area (Å²) in [6, 6.07) is 6.31. The van der Waals surface area contributed by atoms with Gasteiger partial charge in [-0.3, -0.25) is 4.79 Å². The first kappa shape index (κ1) is 14.1. The van der Waals surface area contributed by atoms with Gasteiger partial charge in [0.05, 0.1) is 14.2 Å². The molecule has 0 saturated carbocycles. The van der Waals surface area contributed by atoms with Crippen molar-refractivity contribution in [2.45, 2.75) is 24.3 Å². The van der Waals surface area contributed by atoms with E-state index in [4.69, 9.17) is 9.47 Å². The van der Waals surface area contributed by atoms with Crippen LogP contribution in [-0.4, -0.2) is 44.5 Å². The average Bonchev–Trinajstić information content (AvgIpc) is 2.85. The summed E-state index contributed by atoms with van der Waals surface area (Å²) in [7, 11) is 5.39. The molecule has 2 aliphatic rings. The largest absolute Gasteiger partial charge is 0.493 e. The summed E-state index contributed by atoms with van der Waals surface area (Å²) >= 11 is 0. The maximum absolute atomic E-state index is 11.8. The van der Waals surface area contributed by atoms with Crippen LogP contribution in [0.1, 0.15) is 18.4 Å². The SMILES string of the molecule is COc1ccc([C@@]23C=CC(=O)C[C@H]2N(C)CC3)cc1OC. The van der Waals surface area contributed by atoms with Crippen molar-refractivity contribution in [3.8, 4) is 11.5 Å². The van der Waals surface area contributed by atoms with E-state index in [1.807, 2.05) is 12.1 Å². The van der Waals surface area contributed by atoms with Crippen LogP contribution >= 0.6 is 0 Å². The Bertz CT molecular complexity index is 596. The van der Waals surface area contributed by atoms with Crippen molar-refractivity contribution in [2.75, 3.05) is 27.8 Å². The molecule has 0 amide bonds. The predicted octanol–water partition coefficient (Wildman–Crippen LogP) is 2.17. The van der Waals surface area contributed by atoms with Gasteiger partial charge < -0.3 is 14.4 Å². The summed E-state index contributed by atoms with van der Waals surface area (Å²) in [6.07, 6.45) is 5.44. The second-order valence-electron chi connectivity index (χ2n) is 5.86. The van der Waals surface area contributed by atoms with Gasteiger partial charge in [0, 0.05) is 17.9 Å². The van der Waals surface area contributed by atoms with E-state index in [-0.39, 0.29) is 17.2 Å². The minimum atomic E-state index is -0.0950. The molecule has 0 aromatic heterocycles. The standard InChI is InChI=1S/C17H21NO3/c1-18-9-8-17(7-6-13(19)11-16(17)18)12-4-5-14(20-2)15(10-12)21-3/h4-7,10,16H,8-9,11H2,1-3H3/t16-,17+/m1/s1. The molecule has 1 aliphatic heterocycles. The number of benzene rings is 1. The molecule has 0 unspecified atom stereocenters. The number of ketones is 1. The van der Waals surface area contributed by atoms with Crippen LogP contribution in [0.3, 0.4) is 0 Å². The first-order valence-corrected chi connectivity index (χ1v) is 7.25. The normalized spacial score (nSPS) is 28.5. The summed E-state index contributed by atoms with van der Waals surface area (Å²) in [5, 5.41) is 0. The molecule has 0 spiro atoms. The third kappa shape index (κ3) is 2.14. The summed E-state index contributed by atoms with van der Waals surface area (Å²) in [6.45, 7) is 0.997. The molecule has 1 heterocycles. The number of rotatable bonds is 3. The van der Waals surface area contributed by atoms with E-state index in [1.165, 1.54) is 5.56 Å². The van der Waals surface area contributed by atoms with Gasteiger partial charge in [-0.1, -0.05) is 12.1 Å². The molecule has 112 valence electrons. The van der Waals surface area contributed by atoms with Gasteiger partial charge in [-0.05, 0) is 43.8 Å². The fraction of sp³-hybridized carbons (Fsp3) is 0.471. The molecule has 0 N–H and O–H groups in total. The molecule has 3 rings (SSSR count). The minimum absolute atomic E-state index is 0.0950. The topological polar surface area (TPSA) is 38.8 Å². The predicted molar refractivity (Wildman–Crippen MR) is 81.0 cm³/mol. The lowest BCUT2D eigenvalue weighted by molar-refractivity contribution is -0.116. The van der Waals surface area contributed by atoms with Gasteiger partial charge in [-0.2, -0.15) is 0 Å². The van der Waals surface area contributed by atoms with Gasteiger partial charge in [-0.15, -0.1) is 0 Å². The fourth-order valence-corrected chi connectivity index (χ4v) is 3.67. The van der Waals surface area contributed by atoms with E-state index in [0.717, 1.165) is 24.5 Å². The zero-order valence-corrected chi connectivity index (χ0v) is 12.8. The zero-order valence-electron chi connectivity index (χ0n) is 12.8. The minimum Gasteiger partial charge on any atom is -0.493 e. The maximum Gasteiger partial charge on any atom is 0.161 e. The van der Waals surface area contributed by atoms with Crippen LogP contribution in [0.5, 0.6) is 11.5 Å². The molecule has 0 bridgehead atoms. The van der Waals surface area contributed by atoms with E-state index in [0.29, 0.717) is 6.42 Å². The second kappa shape index (κ2) is 5.19. The van der Waals surface area contributed by atoms with Crippen molar-refractivity contribution < 1.29 is 14.3 Å². The first-order valence-electron chi connectivity index (χ1n) is 7.25. The van der Waals surface area contributed by atoms with Gasteiger partial charge in [0.25, 0.3) is 0 Å². The van der Waals surface area contributed by atoms with E-state index >= 15 is 0 Å². The summed E-state index contributed by atoms with van der Waals surface area (Å²) in [5.41, 5.74) is 1.10. The van der Waals surface area contributed by atoms with Crippen molar-refractivity contribution in [1.29, 1.82) is 0 Å². The molecule has 1 fully saturated rings. The van der Waals surface area contributed by atoms with Crippen molar-refractivity contribution in [2.24, 2.45) is 0 Å². The molecule has 21 heavy (non-hydrogen) atoms. The van der Waals surface area contributed by atoms with Crippen LogP contribution in [0.2, 0.25) is 0 Å². The summed E-state index contributed by atoms with van der Waals surface area (Å²) in [4.78, 5) is 14.1. The van der Waals surface area contributed by atoms with E-state index in [2.05, 4.69) is 24.1 Å². The lowest BCUT2D eigenvalue weighted by atomic mass is 9.69. The molecule has 1 aliphatic carbocycles. The molecular weight excluding hydrogens is 266 g/mol. The number of hydrogen-bond acceptors (Lipinski definition) is 4. The lowest BCUT2D eigenvalue weighted by Crippen LogP contribution is -2.43. The van der Waals surface area contributed by atoms with Gasteiger partial charge in [0.2, 0.25) is 0 Å². The molecule has 4 heteroatoms. The molecule has 2 atom stereocenters. The van der Waals surface area contributed by atoms with Gasteiger partial charge in [-0.25, -0.2) is 0 Å². The number of methoxy groups -OCH3 is 2. The van der Waals surface area contributed by atoms with Crippen LogP contribution in [0.25, 0.3) is 0 Å². The first-order chi connectivity index (χ1) is 10.1. The molecule has 1 aromatic carbocycles. The van der Waals surface area contributed by atoms with E-state index in [1.54, 1.807) is 20.3 Å². The Labute approximate surface area is 125 Å². The number of carbonyl (C=O) groups excluding carboxylic acids is 1.